The zero-order valence-electron chi connectivity index (χ0n) is 14.8. The first-order valence-electron chi connectivity index (χ1n) is 9.01. The van der Waals surface area contributed by atoms with Crippen LogP contribution >= 0.6 is 11.3 Å². The summed E-state index contributed by atoms with van der Waals surface area (Å²) in [6, 6.07) is 16.9. The van der Waals surface area contributed by atoms with E-state index in [0.29, 0.717) is 12.8 Å². The molecule has 1 aliphatic rings. The van der Waals surface area contributed by atoms with E-state index in [1.807, 2.05) is 12.1 Å². The number of rotatable bonds is 4. The van der Waals surface area contributed by atoms with Gasteiger partial charge in [0.25, 0.3) is 0 Å². The highest BCUT2D eigenvalue weighted by molar-refractivity contribution is 7.18. The second-order valence-electron chi connectivity index (χ2n) is 6.98. The fraction of sp³-hybridized carbons (Fsp3) is 0.333. The Kier molecular flexibility index (Phi) is 4.74. The molecule has 0 saturated carbocycles. The maximum Gasteiger partial charge on any atom is 0.306 e. The van der Waals surface area contributed by atoms with Gasteiger partial charge in [-0.05, 0) is 50.6 Å². The summed E-state index contributed by atoms with van der Waals surface area (Å²) in [6.45, 7) is 3.67. The number of aromatic nitrogens is 1. The Morgan fingerprint density at radius 3 is 2.65 bits per heavy atom. The van der Waals surface area contributed by atoms with Gasteiger partial charge in [0, 0.05) is 0 Å². The highest BCUT2D eigenvalue weighted by Crippen LogP contribution is 2.36. The van der Waals surface area contributed by atoms with Gasteiger partial charge in [-0.3, -0.25) is 9.69 Å². The maximum absolute atomic E-state index is 11.3. The van der Waals surface area contributed by atoms with Gasteiger partial charge in [0.15, 0.2) is 0 Å². The van der Waals surface area contributed by atoms with Crippen molar-refractivity contribution in [3.05, 3.63) is 64.7 Å². The van der Waals surface area contributed by atoms with E-state index in [9.17, 15) is 9.90 Å². The molecule has 0 bridgehead atoms. The third-order valence-electron chi connectivity index (χ3n) is 5.15. The van der Waals surface area contributed by atoms with Gasteiger partial charge in [0.2, 0.25) is 0 Å². The molecule has 2 heterocycles. The van der Waals surface area contributed by atoms with Gasteiger partial charge in [-0.15, -0.1) is 11.3 Å². The number of hydrogen-bond donors (Lipinski definition) is 1. The Morgan fingerprint density at radius 1 is 1.19 bits per heavy atom. The van der Waals surface area contributed by atoms with Crippen LogP contribution in [0.2, 0.25) is 0 Å². The summed E-state index contributed by atoms with van der Waals surface area (Å²) < 4.78 is 1.19. The fourth-order valence-electron chi connectivity index (χ4n) is 3.76. The largest absolute Gasteiger partial charge is 0.481 e. The van der Waals surface area contributed by atoms with E-state index in [-0.39, 0.29) is 12.0 Å². The van der Waals surface area contributed by atoms with Crippen LogP contribution in [-0.4, -0.2) is 34.0 Å². The van der Waals surface area contributed by atoms with Gasteiger partial charge in [0.05, 0.1) is 22.2 Å². The molecule has 1 aliphatic heterocycles. The first-order chi connectivity index (χ1) is 12.6. The minimum Gasteiger partial charge on any atom is -0.481 e. The van der Waals surface area contributed by atoms with Crippen molar-refractivity contribution >= 4 is 27.5 Å². The van der Waals surface area contributed by atoms with E-state index >= 15 is 0 Å². The number of likely N-dealkylation sites (tertiary alicyclic amines) is 1. The lowest BCUT2D eigenvalue weighted by atomic mass is 9.94. The summed E-state index contributed by atoms with van der Waals surface area (Å²) in [5, 5.41) is 10.4. The van der Waals surface area contributed by atoms with E-state index in [1.165, 1.54) is 15.8 Å². The van der Waals surface area contributed by atoms with Crippen molar-refractivity contribution in [2.75, 3.05) is 13.1 Å². The van der Waals surface area contributed by atoms with Gasteiger partial charge in [-0.2, -0.15) is 0 Å². The molecule has 0 radical (unpaired) electrons. The van der Waals surface area contributed by atoms with Crippen molar-refractivity contribution in [3.8, 4) is 0 Å². The van der Waals surface area contributed by atoms with Crippen molar-refractivity contribution in [2.24, 2.45) is 5.92 Å². The smallest absolute Gasteiger partial charge is 0.306 e. The summed E-state index contributed by atoms with van der Waals surface area (Å²) in [5.74, 6) is -0.892. The number of carboxylic acid groups (broad SMARTS) is 1. The molecular weight excluding hydrogens is 344 g/mol. The van der Waals surface area contributed by atoms with Gasteiger partial charge in [-0.1, -0.05) is 42.0 Å². The van der Waals surface area contributed by atoms with Crippen LogP contribution in [0.15, 0.2) is 48.5 Å². The predicted molar refractivity (Wildman–Crippen MR) is 105 cm³/mol. The number of carboxylic acids is 1. The summed E-state index contributed by atoms with van der Waals surface area (Å²) in [5.41, 5.74) is 3.50. The second-order valence-corrected chi connectivity index (χ2v) is 8.05. The molecule has 26 heavy (non-hydrogen) atoms. The molecule has 1 saturated heterocycles. The van der Waals surface area contributed by atoms with Gasteiger partial charge >= 0.3 is 5.97 Å². The van der Waals surface area contributed by atoms with Crippen LogP contribution in [0.4, 0.5) is 0 Å². The molecule has 4 rings (SSSR count). The number of nitrogens with zero attached hydrogens (tertiary/aromatic N) is 2. The number of fused-ring (bicyclic) bond motifs is 1. The third-order valence-corrected chi connectivity index (χ3v) is 6.23. The first-order valence-corrected chi connectivity index (χ1v) is 9.82. The summed E-state index contributed by atoms with van der Waals surface area (Å²) >= 11 is 1.74. The molecule has 3 aromatic rings. The molecule has 0 amide bonds. The van der Waals surface area contributed by atoms with Crippen LogP contribution in [0.5, 0.6) is 0 Å². The summed E-state index contributed by atoms with van der Waals surface area (Å²) in [6.07, 6.45) is 1.39. The van der Waals surface area contributed by atoms with Gasteiger partial charge < -0.3 is 5.11 Å². The highest BCUT2D eigenvalue weighted by atomic mass is 32.1. The Labute approximate surface area is 157 Å². The van der Waals surface area contributed by atoms with Crippen molar-refractivity contribution in [2.45, 2.75) is 25.8 Å². The number of benzene rings is 2. The Balaban J connectivity index is 1.71. The number of aliphatic carboxylic acids is 1. The van der Waals surface area contributed by atoms with Crippen LogP contribution in [0.25, 0.3) is 10.2 Å². The number of piperidine rings is 1. The van der Waals surface area contributed by atoms with E-state index in [4.69, 9.17) is 4.98 Å². The van der Waals surface area contributed by atoms with Crippen LogP contribution in [0, 0.1) is 12.8 Å². The lowest BCUT2D eigenvalue weighted by molar-refractivity contribution is -0.143. The zero-order valence-corrected chi connectivity index (χ0v) is 15.6. The summed E-state index contributed by atoms with van der Waals surface area (Å²) in [7, 11) is 0. The molecular formula is C21H22N2O2S. The van der Waals surface area contributed by atoms with Crippen LogP contribution in [-0.2, 0) is 4.79 Å². The van der Waals surface area contributed by atoms with Crippen molar-refractivity contribution < 1.29 is 9.90 Å². The number of carbonyl (C=O) groups is 1. The number of hydrogen-bond acceptors (Lipinski definition) is 4. The van der Waals surface area contributed by atoms with Crippen molar-refractivity contribution in [3.63, 3.8) is 0 Å². The van der Waals surface area contributed by atoms with Crippen LogP contribution in [0.1, 0.15) is 35.0 Å². The average Bonchev–Trinajstić information content (AvgIpc) is 3.06. The van der Waals surface area contributed by atoms with Gasteiger partial charge in [0.1, 0.15) is 5.01 Å². The standard InChI is InChI=1S/C21H22N2O2S/c1-14-5-4-6-16(13-14)19(23-11-9-15(10-12-23)21(24)25)20-22-17-7-2-3-8-18(17)26-20/h2-8,13,15,19H,9-12H2,1H3,(H,24,25). The number of thiazole rings is 1. The fourth-order valence-corrected chi connectivity index (χ4v) is 4.89. The molecule has 5 heteroatoms. The molecule has 2 aromatic carbocycles. The van der Waals surface area contributed by atoms with Crippen molar-refractivity contribution in [1.82, 2.24) is 9.88 Å². The molecule has 1 N–H and O–H groups in total. The average molecular weight is 366 g/mol. The lowest BCUT2D eigenvalue weighted by Gasteiger charge is -2.36. The molecule has 134 valence electrons. The molecule has 4 nitrogen and oxygen atoms in total. The summed E-state index contributed by atoms with van der Waals surface area (Å²) in [4.78, 5) is 18.6. The van der Waals surface area contributed by atoms with Crippen LogP contribution in [0.3, 0.4) is 0 Å². The zero-order chi connectivity index (χ0) is 18.1. The third kappa shape index (κ3) is 3.37. The van der Waals surface area contributed by atoms with Crippen molar-refractivity contribution in [1.29, 1.82) is 0 Å². The number of para-hydroxylation sites is 1. The van der Waals surface area contributed by atoms with Gasteiger partial charge in [-0.25, -0.2) is 4.98 Å². The Bertz CT molecular complexity index is 895. The molecule has 1 fully saturated rings. The predicted octanol–water partition coefficient (Wildman–Crippen LogP) is 4.49. The minimum atomic E-state index is -0.670. The Hall–Kier alpha value is -2.24. The molecule has 1 atom stereocenters. The maximum atomic E-state index is 11.3. The minimum absolute atomic E-state index is 0.0852. The Morgan fingerprint density at radius 2 is 1.96 bits per heavy atom. The first kappa shape index (κ1) is 17.2. The monoisotopic (exact) mass is 366 g/mol. The molecule has 0 spiro atoms. The number of aryl methyl sites for hydroxylation is 1. The van der Waals surface area contributed by atoms with Crippen LogP contribution < -0.4 is 0 Å². The normalized spacial score (nSPS) is 17.4. The van der Waals surface area contributed by atoms with E-state index < -0.39 is 5.97 Å². The van der Waals surface area contributed by atoms with E-state index in [1.54, 1.807) is 11.3 Å². The lowest BCUT2D eigenvalue weighted by Crippen LogP contribution is -2.39. The molecule has 0 aliphatic carbocycles. The van der Waals surface area contributed by atoms with E-state index in [0.717, 1.165) is 23.6 Å². The topological polar surface area (TPSA) is 53.4 Å². The quantitative estimate of drug-likeness (QED) is 0.739. The molecule has 1 unspecified atom stereocenters. The van der Waals surface area contributed by atoms with E-state index in [2.05, 4.69) is 48.2 Å². The second kappa shape index (κ2) is 7.17. The highest BCUT2D eigenvalue weighted by Gasteiger charge is 2.31. The molecule has 1 aromatic heterocycles. The SMILES string of the molecule is Cc1cccc(C(c2nc3ccccc3s2)N2CCC(C(=O)O)CC2)c1.